The number of aliphatic hydroxyl groups is 2. The van der Waals surface area contributed by atoms with Crippen molar-refractivity contribution in [3.05, 3.63) is 34.9 Å². The summed E-state index contributed by atoms with van der Waals surface area (Å²) in [5.74, 6) is -1.76. The van der Waals surface area contributed by atoms with Gasteiger partial charge in [-0.3, -0.25) is 0 Å². The molecule has 1 aromatic carbocycles. The lowest BCUT2D eigenvalue weighted by Gasteiger charge is -2.12. The molecule has 0 radical (unpaired) electrons. The molecule has 0 aliphatic carbocycles. The standard InChI is InChI=1S/C14H18O6/c1-8(15)5-11-6-10(13(17)18)3-4-12(11)14(19)20-7-9(2)16/h3-4,6,8-9,15-16H,5,7H2,1-2H3,(H,17,18). The van der Waals surface area contributed by atoms with Gasteiger partial charge >= 0.3 is 11.9 Å². The van der Waals surface area contributed by atoms with Crippen molar-refractivity contribution in [3.63, 3.8) is 0 Å². The van der Waals surface area contributed by atoms with Gasteiger partial charge in [0.05, 0.1) is 23.3 Å². The summed E-state index contributed by atoms with van der Waals surface area (Å²) in [6.45, 7) is 2.88. The molecule has 110 valence electrons. The maximum absolute atomic E-state index is 11.9. The summed E-state index contributed by atoms with van der Waals surface area (Å²) in [5, 5.41) is 27.4. The van der Waals surface area contributed by atoms with Gasteiger partial charge in [-0.2, -0.15) is 0 Å². The fourth-order valence-corrected chi connectivity index (χ4v) is 1.69. The lowest BCUT2D eigenvalue weighted by Crippen LogP contribution is -2.18. The number of esters is 1. The lowest BCUT2D eigenvalue weighted by molar-refractivity contribution is 0.0294. The second-order valence-electron chi connectivity index (χ2n) is 4.68. The van der Waals surface area contributed by atoms with Crippen LogP contribution in [0.2, 0.25) is 0 Å². The van der Waals surface area contributed by atoms with E-state index >= 15 is 0 Å². The molecule has 0 aliphatic rings. The molecule has 20 heavy (non-hydrogen) atoms. The average molecular weight is 282 g/mol. The lowest BCUT2D eigenvalue weighted by atomic mass is 9.99. The first-order chi connectivity index (χ1) is 9.31. The summed E-state index contributed by atoms with van der Waals surface area (Å²) in [6, 6.07) is 3.99. The van der Waals surface area contributed by atoms with Gasteiger partial charge in [-0.25, -0.2) is 9.59 Å². The first-order valence-corrected chi connectivity index (χ1v) is 6.20. The molecule has 0 spiro atoms. The Balaban J connectivity index is 3.04. The molecule has 0 saturated carbocycles. The molecule has 0 bridgehead atoms. The Morgan fingerprint density at radius 2 is 1.85 bits per heavy atom. The summed E-state index contributed by atoms with van der Waals surface area (Å²) in [6.07, 6.45) is -1.36. The van der Waals surface area contributed by atoms with E-state index in [-0.39, 0.29) is 24.2 Å². The van der Waals surface area contributed by atoms with Gasteiger partial charge in [0.2, 0.25) is 0 Å². The molecule has 6 heteroatoms. The number of carboxylic acid groups (broad SMARTS) is 1. The van der Waals surface area contributed by atoms with Crippen molar-refractivity contribution in [3.8, 4) is 0 Å². The molecular formula is C14H18O6. The van der Waals surface area contributed by atoms with Crippen molar-refractivity contribution >= 4 is 11.9 Å². The number of carbonyl (C=O) groups is 2. The van der Waals surface area contributed by atoms with Gasteiger partial charge in [-0.05, 0) is 44.0 Å². The van der Waals surface area contributed by atoms with Crippen molar-refractivity contribution < 1.29 is 29.6 Å². The van der Waals surface area contributed by atoms with Gasteiger partial charge < -0.3 is 20.1 Å². The van der Waals surface area contributed by atoms with Crippen molar-refractivity contribution in [1.82, 2.24) is 0 Å². The molecule has 0 aromatic heterocycles. The minimum absolute atomic E-state index is 0.0349. The SMILES string of the molecule is CC(O)COC(=O)c1ccc(C(=O)O)cc1CC(C)O. The van der Waals surface area contributed by atoms with Gasteiger partial charge in [0.15, 0.2) is 0 Å². The second-order valence-corrected chi connectivity index (χ2v) is 4.68. The summed E-state index contributed by atoms with van der Waals surface area (Å²) < 4.78 is 4.89. The molecule has 2 unspecified atom stereocenters. The highest BCUT2D eigenvalue weighted by Gasteiger charge is 2.17. The van der Waals surface area contributed by atoms with Crippen LogP contribution in [0.3, 0.4) is 0 Å². The predicted octanol–water partition coefficient (Wildman–Crippen LogP) is 0.846. The van der Waals surface area contributed by atoms with E-state index in [0.717, 1.165) is 0 Å². The Morgan fingerprint density at radius 1 is 1.20 bits per heavy atom. The van der Waals surface area contributed by atoms with E-state index in [0.29, 0.717) is 5.56 Å². The Bertz CT molecular complexity index is 492. The Kier molecular flexibility index (Phi) is 5.66. The third-order valence-electron chi connectivity index (χ3n) is 2.54. The maximum atomic E-state index is 11.9. The largest absolute Gasteiger partial charge is 0.478 e. The topological polar surface area (TPSA) is 104 Å². The van der Waals surface area contributed by atoms with E-state index in [1.165, 1.54) is 25.1 Å². The van der Waals surface area contributed by atoms with Crippen molar-refractivity contribution in [2.45, 2.75) is 32.5 Å². The van der Waals surface area contributed by atoms with E-state index in [1.807, 2.05) is 0 Å². The molecule has 0 saturated heterocycles. The zero-order valence-corrected chi connectivity index (χ0v) is 11.4. The summed E-state index contributed by atoms with van der Waals surface area (Å²) in [4.78, 5) is 22.8. The molecule has 0 amide bonds. The van der Waals surface area contributed by atoms with Crippen LogP contribution in [0.25, 0.3) is 0 Å². The molecule has 3 N–H and O–H groups in total. The average Bonchev–Trinajstić information content (AvgIpc) is 2.35. The highest BCUT2D eigenvalue weighted by Crippen LogP contribution is 2.16. The Morgan fingerprint density at radius 3 is 2.35 bits per heavy atom. The number of aromatic carboxylic acids is 1. The molecule has 2 atom stereocenters. The van der Waals surface area contributed by atoms with Gasteiger partial charge in [0, 0.05) is 0 Å². The number of carboxylic acids is 1. The number of ether oxygens (including phenoxy) is 1. The monoisotopic (exact) mass is 282 g/mol. The molecule has 0 aliphatic heterocycles. The van der Waals surface area contributed by atoms with Crippen LogP contribution in [0.4, 0.5) is 0 Å². The maximum Gasteiger partial charge on any atom is 0.338 e. The van der Waals surface area contributed by atoms with Crippen LogP contribution in [0, 0.1) is 0 Å². The van der Waals surface area contributed by atoms with Crippen LogP contribution in [0.5, 0.6) is 0 Å². The van der Waals surface area contributed by atoms with Crippen LogP contribution in [0.1, 0.15) is 40.1 Å². The van der Waals surface area contributed by atoms with E-state index in [4.69, 9.17) is 14.9 Å². The summed E-state index contributed by atoms with van der Waals surface area (Å²) in [5.41, 5.74) is 0.625. The fraction of sp³-hybridized carbons (Fsp3) is 0.429. The summed E-state index contributed by atoms with van der Waals surface area (Å²) >= 11 is 0. The van der Waals surface area contributed by atoms with Crippen molar-refractivity contribution in [1.29, 1.82) is 0 Å². The highest BCUT2D eigenvalue weighted by molar-refractivity contribution is 5.94. The first-order valence-electron chi connectivity index (χ1n) is 6.20. The molecule has 6 nitrogen and oxygen atoms in total. The van der Waals surface area contributed by atoms with E-state index in [1.54, 1.807) is 6.92 Å². The van der Waals surface area contributed by atoms with Crippen LogP contribution in [0.15, 0.2) is 18.2 Å². The number of hydrogen-bond acceptors (Lipinski definition) is 5. The number of carbonyl (C=O) groups excluding carboxylic acids is 1. The zero-order chi connectivity index (χ0) is 15.3. The van der Waals surface area contributed by atoms with Gasteiger partial charge in [-0.1, -0.05) is 0 Å². The number of aliphatic hydroxyl groups excluding tert-OH is 2. The van der Waals surface area contributed by atoms with E-state index < -0.39 is 24.1 Å². The van der Waals surface area contributed by atoms with E-state index in [9.17, 15) is 14.7 Å². The Labute approximate surface area is 116 Å². The second kappa shape index (κ2) is 7.02. The predicted molar refractivity (Wildman–Crippen MR) is 70.7 cm³/mol. The number of rotatable bonds is 6. The summed E-state index contributed by atoms with van der Waals surface area (Å²) in [7, 11) is 0. The first kappa shape index (κ1) is 16.1. The van der Waals surface area contributed by atoms with Crippen LogP contribution < -0.4 is 0 Å². The fourth-order valence-electron chi connectivity index (χ4n) is 1.69. The van der Waals surface area contributed by atoms with E-state index in [2.05, 4.69) is 0 Å². The minimum Gasteiger partial charge on any atom is -0.478 e. The molecule has 0 fully saturated rings. The number of hydrogen-bond donors (Lipinski definition) is 3. The molecule has 0 heterocycles. The van der Waals surface area contributed by atoms with Gasteiger partial charge in [0.1, 0.15) is 6.61 Å². The van der Waals surface area contributed by atoms with Crippen molar-refractivity contribution in [2.24, 2.45) is 0 Å². The van der Waals surface area contributed by atoms with Gasteiger partial charge in [0.25, 0.3) is 0 Å². The van der Waals surface area contributed by atoms with Crippen LogP contribution >= 0.6 is 0 Å². The zero-order valence-electron chi connectivity index (χ0n) is 11.4. The van der Waals surface area contributed by atoms with Crippen LogP contribution in [-0.4, -0.2) is 46.1 Å². The molecule has 1 rings (SSSR count). The molecular weight excluding hydrogens is 264 g/mol. The number of benzene rings is 1. The third-order valence-corrected chi connectivity index (χ3v) is 2.54. The molecule has 1 aromatic rings. The van der Waals surface area contributed by atoms with Gasteiger partial charge in [-0.15, -0.1) is 0 Å². The third kappa shape index (κ3) is 4.64. The normalized spacial score (nSPS) is 13.6. The quantitative estimate of drug-likeness (QED) is 0.668. The van der Waals surface area contributed by atoms with Crippen molar-refractivity contribution in [2.75, 3.05) is 6.61 Å². The minimum atomic E-state index is -1.11. The highest BCUT2D eigenvalue weighted by atomic mass is 16.5. The smallest absolute Gasteiger partial charge is 0.338 e. The van der Waals surface area contributed by atoms with Crippen LogP contribution in [-0.2, 0) is 11.2 Å². The Hall–Kier alpha value is -1.92.